The number of nitrogens with zero attached hydrogens (tertiary/aromatic N) is 2. The number of alkyl halides is 6. The summed E-state index contributed by atoms with van der Waals surface area (Å²) in [7, 11) is 2.57. The maximum absolute atomic E-state index is 13.2. The van der Waals surface area contributed by atoms with Crippen LogP contribution in [0, 0.1) is 0 Å². The average molecular weight is 551 g/mol. The van der Waals surface area contributed by atoms with E-state index < -0.39 is 41.2 Å². The highest BCUT2D eigenvalue weighted by atomic mass is 35.5. The fraction of sp³-hybridized carbons (Fsp3) is 0.381. The monoisotopic (exact) mass is 549 g/mol. The van der Waals surface area contributed by atoms with Crippen molar-refractivity contribution < 1.29 is 31.1 Å². The van der Waals surface area contributed by atoms with E-state index in [0.717, 1.165) is 17.5 Å². The summed E-state index contributed by atoms with van der Waals surface area (Å²) in [4.78, 5) is 15.1. The van der Waals surface area contributed by atoms with Crippen LogP contribution in [0.2, 0.25) is 10.0 Å². The van der Waals surface area contributed by atoms with Crippen LogP contribution in [0.3, 0.4) is 0 Å². The molecule has 0 unspecified atom stereocenters. The van der Waals surface area contributed by atoms with Crippen molar-refractivity contribution in [2.75, 3.05) is 32.1 Å². The molecule has 2 atom stereocenters. The van der Waals surface area contributed by atoms with E-state index in [1.165, 1.54) is 11.9 Å². The summed E-state index contributed by atoms with van der Waals surface area (Å²) in [6, 6.07) is 4.90. The number of amides is 2. The summed E-state index contributed by atoms with van der Waals surface area (Å²) in [5, 5.41) is 3.83. The van der Waals surface area contributed by atoms with Crippen molar-refractivity contribution in [2.24, 2.45) is 0 Å². The highest BCUT2D eigenvalue weighted by Crippen LogP contribution is 2.39. The largest absolute Gasteiger partial charge is 0.416 e. The topological polar surface area (TPSA) is 35.6 Å². The van der Waals surface area contributed by atoms with E-state index in [2.05, 4.69) is 5.32 Å². The van der Waals surface area contributed by atoms with Crippen LogP contribution >= 0.6 is 35.6 Å². The van der Waals surface area contributed by atoms with E-state index in [1.54, 1.807) is 18.2 Å². The van der Waals surface area contributed by atoms with Crippen LogP contribution in [-0.2, 0) is 12.4 Å². The maximum Gasteiger partial charge on any atom is 0.416 e. The Hall–Kier alpha value is -1.88. The molecule has 2 aromatic rings. The fourth-order valence-electron chi connectivity index (χ4n) is 3.78. The van der Waals surface area contributed by atoms with Gasteiger partial charge >= 0.3 is 18.4 Å². The van der Waals surface area contributed by atoms with Gasteiger partial charge in [-0.3, -0.25) is 4.90 Å². The van der Waals surface area contributed by atoms with Crippen molar-refractivity contribution >= 4 is 47.3 Å². The van der Waals surface area contributed by atoms with E-state index in [-0.39, 0.29) is 24.4 Å². The molecule has 0 radical (unpaired) electrons. The Morgan fingerprint density at radius 3 is 1.97 bits per heavy atom. The number of anilines is 1. The lowest BCUT2D eigenvalue weighted by atomic mass is 9.93. The SMILES string of the molecule is CN(C(=O)N(C)[C@@H]1CNC[C@H]1c1ccc(Cl)c(Cl)c1)c1cc(C(F)(F)F)cc(C(F)(F)F)c1.Cl. The van der Waals surface area contributed by atoms with E-state index in [9.17, 15) is 31.1 Å². The number of hydrogen-bond donors (Lipinski definition) is 1. The molecule has 0 aromatic heterocycles. The first-order chi connectivity index (χ1) is 15.2. The second-order valence-electron chi connectivity index (χ2n) is 7.72. The van der Waals surface area contributed by atoms with Crippen molar-refractivity contribution in [1.82, 2.24) is 10.2 Å². The third-order valence-corrected chi connectivity index (χ3v) is 6.34. The highest BCUT2D eigenvalue weighted by Gasteiger charge is 2.39. The van der Waals surface area contributed by atoms with E-state index >= 15 is 0 Å². The molecule has 0 spiro atoms. The van der Waals surface area contributed by atoms with Gasteiger partial charge in [0.25, 0.3) is 0 Å². The second-order valence-corrected chi connectivity index (χ2v) is 8.54. The maximum atomic E-state index is 13.2. The first-order valence-electron chi connectivity index (χ1n) is 9.66. The van der Waals surface area contributed by atoms with E-state index in [1.807, 2.05) is 0 Å². The van der Waals surface area contributed by atoms with Crippen LogP contribution in [0.5, 0.6) is 0 Å². The third kappa shape index (κ3) is 6.02. The zero-order chi connectivity index (χ0) is 24.7. The molecule has 0 aliphatic carbocycles. The molecule has 34 heavy (non-hydrogen) atoms. The van der Waals surface area contributed by atoms with Gasteiger partial charge in [-0.25, -0.2) is 4.79 Å². The lowest BCUT2D eigenvalue weighted by Gasteiger charge is -2.33. The number of hydrogen-bond acceptors (Lipinski definition) is 2. The summed E-state index contributed by atoms with van der Waals surface area (Å²) in [6.45, 7) is 0.864. The van der Waals surface area contributed by atoms with Crippen molar-refractivity contribution in [1.29, 1.82) is 0 Å². The van der Waals surface area contributed by atoms with E-state index in [4.69, 9.17) is 23.2 Å². The first kappa shape index (κ1) is 28.4. The lowest BCUT2D eigenvalue weighted by molar-refractivity contribution is -0.143. The molecule has 1 N–H and O–H groups in total. The normalized spacial score (nSPS) is 18.4. The van der Waals surface area contributed by atoms with Gasteiger partial charge < -0.3 is 10.2 Å². The molecule has 2 aromatic carbocycles. The van der Waals surface area contributed by atoms with Crippen LogP contribution in [0.15, 0.2) is 36.4 Å². The molecular weight excluding hydrogens is 531 g/mol. The number of urea groups is 1. The number of rotatable bonds is 3. The Bertz CT molecular complexity index is 1020. The molecule has 188 valence electrons. The van der Waals surface area contributed by atoms with Crippen LogP contribution in [0.4, 0.5) is 36.8 Å². The number of carbonyl (C=O) groups is 1. The van der Waals surface area contributed by atoms with Crippen LogP contribution in [0.25, 0.3) is 0 Å². The molecule has 1 saturated heterocycles. The standard InChI is InChI=1S/C21H19Cl2F6N3O.ClH/c1-31(14-7-12(20(24,25)26)6-13(8-14)21(27,28)29)19(33)32(2)18-10-30-9-15(18)11-3-4-16(22)17(23)5-11;/h3-8,15,18,30H,9-10H2,1-2H3;1H/t15-,18+;/m0./s1. The Morgan fingerprint density at radius 2 is 1.47 bits per heavy atom. The van der Waals surface area contributed by atoms with Gasteiger partial charge in [0.1, 0.15) is 0 Å². The van der Waals surface area contributed by atoms with Gasteiger partial charge in [-0.05, 0) is 35.9 Å². The Kier molecular flexibility index (Phi) is 8.67. The molecule has 1 aliphatic heterocycles. The van der Waals surface area contributed by atoms with Crippen molar-refractivity contribution in [3.8, 4) is 0 Å². The number of halogens is 9. The molecule has 1 heterocycles. The minimum Gasteiger partial charge on any atom is -0.322 e. The Labute approximate surface area is 208 Å². The summed E-state index contributed by atoms with van der Waals surface area (Å²) in [5.41, 5.74) is -2.72. The van der Waals surface area contributed by atoms with Crippen LogP contribution in [-0.4, -0.2) is 44.2 Å². The number of likely N-dealkylation sites (N-methyl/N-ethyl adjacent to an activating group) is 1. The molecule has 2 amide bonds. The predicted octanol–water partition coefficient (Wildman–Crippen LogP) is 6.70. The second kappa shape index (κ2) is 10.4. The van der Waals surface area contributed by atoms with Crippen molar-refractivity contribution in [2.45, 2.75) is 24.3 Å². The molecule has 13 heteroatoms. The lowest BCUT2D eigenvalue weighted by Crippen LogP contribution is -2.47. The van der Waals surface area contributed by atoms with Gasteiger partial charge in [-0.1, -0.05) is 29.3 Å². The zero-order valence-electron chi connectivity index (χ0n) is 17.8. The highest BCUT2D eigenvalue weighted by molar-refractivity contribution is 6.42. The van der Waals surface area contributed by atoms with Gasteiger partial charge in [0.2, 0.25) is 0 Å². The zero-order valence-corrected chi connectivity index (χ0v) is 20.1. The molecule has 1 aliphatic rings. The minimum absolute atomic E-state index is 0. The van der Waals surface area contributed by atoms with E-state index in [0.29, 0.717) is 35.3 Å². The van der Waals surface area contributed by atoms with Crippen LogP contribution in [0.1, 0.15) is 22.6 Å². The van der Waals surface area contributed by atoms with Gasteiger partial charge in [0.05, 0.1) is 27.2 Å². The molecule has 3 rings (SSSR count). The quantitative estimate of drug-likeness (QED) is 0.432. The number of nitrogens with one attached hydrogen (secondary N) is 1. The predicted molar refractivity (Wildman–Crippen MR) is 121 cm³/mol. The smallest absolute Gasteiger partial charge is 0.322 e. The number of benzene rings is 2. The summed E-state index contributed by atoms with van der Waals surface area (Å²) in [5.74, 6) is -0.214. The Balaban J connectivity index is 0.00000408. The van der Waals surface area contributed by atoms with Gasteiger partial charge in [0, 0.05) is 38.8 Å². The average Bonchev–Trinajstić information content (AvgIpc) is 3.22. The molecule has 4 nitrogen and oxygen atoms in total. The molecule has 0 bridgehead atoms. The van der Waals surface area contributed by atoms with Gasteiger partial charge in [-0.2, -0.15) is 26.3 Å². The fourth-order valence-corrected chi connectivity index (χ4v) is 4.08. The van der Waals surface area contributed by atoms with Gasteiger partial charge in [-0.15, -0.1) is 12.4 Å². The minimum atomic E-state index is -5.01. The van der Waals surface area contributed by atoms with Crippen molar-refractivity contribution in [3.05, 3.63) is 63.1 Å². The first-order valence-corrected chi connectivity index (χ1v) is 10.4. The summed E-state index contributed by atoms with van der Waals surface area (Å²) in [6.07, 6.45) is -10.0. The van der Waals surface area contributed by atoms with Gasteiger partial charge in [0.15, 0.2) is 0 Å². The molecular formula is C21H20Cl3F6N3O. The van der Waals surface area contributed by atoms with Crippen LogP contribution < -0.4 is 10.2 Å². The summed E-state index contributed by atoms with van der Waals surface area (Å²) >= 11 is 12.0. The molecule has 0 saturated carbocycles. The number of carbonyl (C=O) groups excluding carboxylic acids is 1. The van der Waals surface area contributed by atoms with Crippen molar-refractivity contribution in [3.63, 3.8) is 0 Å². The third-order valence-electron chi connectivity index (χ3n) is 5.60. The summed E-state index contributed by atoms with van der Waals surface area (Å²) < 4.78 is 79.2. The Morgan fingerprint density at radius 1 is 0.912 bits per heavy atom. The molecule has 1 fully saturated rings.